The number of likely N-dealkylation sites (tertiary alicyclic amines) is 1. The number of benzene rings is 2. The van der Waals surface area contributed by atoms with Crippen LogP contribution in [0.3, 0.4) is 0 Å². The number of aliphatic imine (C=N–C) groups is 1. The predicted molar refractivity (Wildman–Crippen MR) is 148 cm³/mol. The number of anilines is 1. The number of piperidine rings is 1. The molecule has 0 atom stereocenters. The van der Waals surface area contributed by atoms with Gasteiger partial charge in [-0.2, -0.15) is 0 Å². The van der Waals surface area contributed by atoms with Crippen LogP contribution in [0.4, 0.5) is 16.4 Å². The number of aromatic nitrogens is 2. The number of hydrogen-bond donors (Lipinski definition) is 4. The molecule has 3 aromatic rings. The van der Waals surface area contributed by atoms with E-state index in [2.05, 4.69) is 25.6 Å². The third-order valence-corrected chi connectivity index (χ3v) is 7.32. The van der Waals surface area contributed by atoms with Gasteiger partial charge in [-0.25, -0.2) is 14.8 Å². The number of H-pyrrole nitrogens is 1. The molecular weight excluding hydrogens is 500 g/mol. The molecule has 2 aliphatic rings. The maximum atomic E-state index is 12.9. The molecule has 0 spiro atoms. The summed E-state index contributed by atoms with van der Waals surface area (Å²) in [4.78, 5) is 53.5. The Labute approximate surface area is 225 Å². The molecule has 12 heteroatoms. The fourth-order valence-corrected chi connectivity index (χ4v) is 5.24. The first-order valence-electron chi connectivity index (χ1n) is 12.9. The van der Waals surface area contributed by atoms with E-state index in [0.717, 1.165) is 35.3 Å². The maximum absolute atomic E-state index is 12.9. The van der Waals surface area contributed by atoms with Crippen LogP contribution in [0.2, 0.25) is 0 Å². The average molecular weight is 533 g/mol. The highest BCUT2D eigenvalue weighted by Gasteiger charge is 2.31. The average Bonchev–Trinajstić information content (AvgIpc) is 3.28. The Hall–Kier alpha value is -4.61. The number of fused-ring (bicyclic) bond motifs is 2. The van der Waals surface area contributed by atoms with Crippen LogP contribution in [0, 0.1) is 6.92 Å². The maximum Gasteiger partial charge on any atom is 0.322 e. The van der Waals surface area contributed by atoms with Crippen molar-refractivity contribution in [1.29, 1.82) is 0 Å². The van der Waals surface area contributed by atoms with Gasteiger partial charge < -0.3 is 35.9 Å². The number of rotatable bonds is 6. The molecule has 12 nitrogen and oxygen atoms in total. The van der Waals surface area contributed by atoms with Crippen molar-refractivity contribution in [3.63, 3.8) is 0 Å². The van der Waals surface area contributed by atoms with Gasteiger partial charge in [-0.3, -0.25) is 9.59 Å². The highest BCUT2D eigenvalue weighted by Crippen LogP contribution is 2.28. The molecule has 2 aromatic carbocycles. The van der Waals surface area contributed by atoms with Crippen LogP contribution in [-0.2, 0) is 11.2 Å². The number of carbonyl (C=O) groups excluding carboxylic acids is 3. The molecule has 2 aliphatic heterocycles. The molecule has 204 valence electrons. The molecule has 5 N–H and O–H groups in total. The number of nitrogens with two attached hydrogens (primary N) is 1. The SMILES string of the molecule is COc1ccc2c(c1)CCN(C1CCN(C(=O)CNC(=O)c3cc(C)c4nc(/N=C/N)[nH]c4c3)CC1)C(=O)N2. The lowest BCUT2D eigenvalue weighted by Gasteiger charge is -2.38. The standard InChI is InChI=1S/C27H32N8O4/c1-16-11-18(13-22-24(16)33-26(31-22)30-15-28)25(37)29-14-23(36)34-8-6-19(7-9-34)35-10-5-17-12-20(39-2)3-4-21(17)32-27(35)38/h3-4,11-13,15,19H,5-10,14H2,1-2H3,(H,29,37)(H,32,38)(H3,28,30,31,33). The largest absolute Gasteiger partial charge is 0.497 e. The lowest BCUT2D eigenvalue weighted by Crippen LogP contribution is -2.51. The molecule has 39 heavy (non-hydrogen) atoms. The van der Waals surface area contributed by atoms with Gasteiger partial charge in [-0.15, -0.1) is 0 Å². The minimum Gasteiger partial charge on any atom is -0.497 e. The van der Waals surface area contributed by atoms with Crippen LogP contribution in [-0.4, -0.2) is 83.3 Å². The second-order valence-corrected chi connectivity index (χ2v) is 9.72. The fraction of sp³-hybridized carbons (Fsp3) is 0.370. The molecule has 1 fully saturated rings. The van der Waals surface area contributed by atoms with Crippen LogP contribution in [0.5, 0.6) is 5.75 Å². The summed E-state index contributed by atoms with van der Waals surface area (Å²) in [6, 6.07) is 8.98. The quantitative estimate of drug-likeness (QED) is 0.282. The second-order valence-electron chi connectivity index (χ2n) is 9.72. The van der Waals surface area contributed by atoms with Gasteiger partial charge in [0.2, 0.25) is 11.9 Å². The number of hydrogen-bond acceptors (Lipinski definition) is 6. The van der Waals surface area contributed by atoms with Crippen molar-refractivity contribution < 1.29 is 19.1 Å². The van der Waals surface area contributed by atoms with Gasteiger partial charge in [0, 0.05) is 36.9 Å². The first-order chi connectivity index (χ1) is 18.9. The fourth-order valence-electron chi connectivity index (χ4n) is 5.24. The number of urea groups is 1. The first kappa shape index (κ1) is 26.0. The Bertz CT molecular complexity index is 1440. The summed E-state index contributed by atoms with van der Waals surface area (Å²) < 4.78 is 5.31. The number of aryl methyl sites for hydroxylation is 1. The third-order valence-electron chi connectivity index (χ3n) is 7.32. The number of aromatic amines is 1. The van der Waals surface area contributed by atoms with Crippen molar-refractivity contribution in [3.8, 4) is 5.75 Å². The number of methoxy groups -OCH3 is 1. The zero-order valence-corrected chi connectivity index (χ0v) is 22.0. The molecule has 1 saturated heterocycles. The summed E-state index contributed by atoms with van der Waals surface area (Å²) in [6.07, 6.45) is 3.22. The Balaban J connectivity index is 1.14. The van der Waals surface area contributed by atoms with Crippen LogP contribution < -0.4 is 21.1 Å². The third kappa shape index (κ3) is 5.49. The molecule has 0 aliphatic carbocycles. The van der Waals surface area contributed by atoms with E-state index >= 15 is 0 Å². The summed E-state index contributed by atoms with van der Waals surface area (Å²) in [6.45, 7) is 3.39. The smallest absolute Gasteiger partial charge is 0.322 e. The van der Waals surface area contributed by atoms with Gasteiger partial charge in [0.05, 0.1) is 31.0 Å². The minimum atomic E-state index is -0.348. The second kappa shape index (κ2) is 11.0. The van der Waals surface area contributed by atoms with Gasteiger partial charge in [0.15, 0.2) is 0 Å². The molecule has 0 saturated carbocycles. The Morgan fingerprint density at radius 1 is 1.23 bits per heavy atom. The summed E-state index contributed by atoms with van der Waals surface area (Å²) in [7, 11) is 1.62. The molecule has 3 heterocycles. The van der Waals surface area contributed by atoms with Gasteiger partial charge in [-0.1, -0.05) is 0 Å². The summed E-state index contributed by atoms with van der Waals surface area (Å²) in [5, 5.41) is 5.74. The number of carbonyl (C=O) groups is 3. The Morgan fingerprint density at radius 3 is 2.77 bits per heavy atom. The lowest BCUT2D eigenvalue weighted by atomic mass is 10.0. The number of imidazole rings is 1. The van der Waals surface area contributed by atoms with E-state index in [1.807, 2.05) is 30.0 Å². The van der Waals surface area contributed by atoms with Gasteiger partial charge >= 0.3 is 6.03 Å². The van der Waals surface area contributed by atoms with Crippen LogP contribution in [0.25, 0.3) is 11.0 Å². The van der Waals surface area contributed by atoms with Crippen molar-refractivity contribution in [2.24, 2.45) is 10.7 Å². The lowest BCUT2D eigenvalue weighted by molar-refractivity contribution is -0.131. The molecule has 1 aromatic heterocycles. The van der Waals surface area contributed by atoms with Crippen LogP contribution >= 0.6 is 0 Å². The van der Waals surface area contributed by atoms with Crippen molar-refractivity contribution >= 4 is 46.9 Å². The van der Waals surface area contributed by atoms with E-state index in [1.54, 1.807) is 24.1 Å². The molecular formula is C27H32N8O4. The van der Waals surface area contributed by atoms with Crippen LogP contribution in [0.1, 0.15) is 34.3 Å². The van der Waals surface area contributed by atoms with E-state index in [4.69, 9.17) is 10.5 Å². The van der Waals surface area contributed by atoms with Crippen molar-refractivity contribution in [1.82, 2.24) is 25.1 Å². The van der Waals surface area contributed by atoms with Gasteiger partial charge in [0.25, 0.3) is 5.91 Å². The van der Waals surface area contributed by atoms with Crippen molar-refractivity contribution in [2.45, 2.75) is 32.2 Å². The normalized spacial score (nSPS) is 16.2. The van der Waals surface area contributed by atoms with E-state index in [-0.39, 0.29) is 30.4 Å². The van der Waals surface area contributed by atoms with Crippen molar-refractivity contribution in [2.75, 3.05) is 38.6 Å². The van der Waals surface area contributed by atoms with E-state index < -0.39 is 0 Å². The highest BCUT2D eigenvalue weighted by atomic mass is 16.5. The minimum absolute atomic E-state index is 0.0393. The van der Waals surface area contributed by atoms with E-state index in [0.29, 0.717) is 55.0 Å². The van der Waals surface area contributed by atoms with E-state index in [1.165, 1.54) is 0 Å². The number of ether oxygens (including phenoxy) is 1. The van der Waals surface area contributed by atoms with Crippen LogP contribution in [0.15, 0.2) is 35.3 Å². The molecule has 0 radical (unpaired) electrons. The zero-order chi connectivity index (χ0) is 27.5. The number of nitrogens with one attached hydrogen (secondary N) is 3. The van der Waals surface area contributed by atoms with Gasteiger partial charge in [0.1, 0.15) is 5.75 Å². The summed E-state index contributed by atoms with van der Waals surface area (Å²) in [5.41, 5.74) is 9.77. The predicted octanol–water partition coefficient (Wildman–Crippen LogP) is 2.31. The summed E-state index contributed by atoms with van der Waals surface area (Å²) in [5.74, 6) is 0.618. The van der Waals surface area contributed by atoms with Crippen molar-refractivity contribution in [3.05, 3.63) is 47.0 Å². The molecule has 0 bridgehead atoms. The first-order valence-corrected chi connectivity index (χ1v) is 12.9. The molecule has 5 rings (SSSR count). The van der Waals surface area contributed by atoms with E-state index in [9.17, 15) is 14.4 Å². The Morgan fingerprint density at radius 2 is 2.03 bits per heavy atom. The monoisotopic (exact) mass is 532 g/mol. The number of amides is 4. The summed E-state index contributed by atoms with van der Waals surface area (Å²) >= 11 is 0. The highest BCUT2D eigenvalue weighted by molar-refractivity contribution is 6.00. The van der Waals surface area contributed by atoms with Gasteiger partial charge in [-0.05, 0) is 67.6 Å². The molecule has 0 unspecified atom stereocenters. The zero-order valence-electron chi connectivity index (χ0n) is 22.0. The topological polar surface area (TPSA) is 158 Å². The molecule has 4 amide bonds. The number of nitrogens with zero attached hydrogens (tertiary/aromatic N) is 4. The Kier molecular flexibility index (Phi) is 7.35.